The zero-order valence-corrected chi connectivity index (χ0v) is 17.9. The van der Waals surface area contributed by atoms with Gasteiger partial charge in [0, 0.05) is 41.7 Å². The Hall–Kier alpha value is -3.67. The third-order valence-electron chi connectivity index (χ3n) is 6.54. The van der Waals surface area contributed by atoms with Gasteiger partial charge in [-0.3, -0.25) is 19.3 Å². The van der Waals surface area contributed by atoms with Crippen molar-refractivity contribution in [2.75, 3.05) is 26.7 Å². The summed E-state index contributed by atoms with van der Waals surface area (Å²) in [6.45, 7) is 1.60. The molecule has 3 amide bonds. The van der Waals surface area contributed by atoms with E-state index < -0.39 is 0 Å². The number of hydrogen-bond acceptors (Lipinski definition) is 4. The number of carbonyl (C=O) groups is 3. The molecular formula is C26H24N2O4. The predicted octanol–water partition coefficient (Wildman–Crippen LogP) is 4.00. The number of amides is 3. The molecule has 0 N–H and O–H groups in total. The minimum absolute atomic E-state index is 0.00293. The summed E-state index contributed by atoms with van der Waals surface area (Å²) >= 11 is 0. The van der Waals surface area contributed by atoms with E-state index in [0.29, 0.717) is 42.1 Å². The van der Waals surface area contributed by atoms with Gasteiger partial charge in [0.1, 0.15) is 5.75 Å². The molecule has 6 heteroatoms. The average molecular weight is 428 g/mol. The average Bonchev–Trinajstić information content (AvgIpc) is 2.85. The molecule has 1 fully saturated rings. The van der Waals surface area contributed by atoms with Crippen molar-refractivity contribution >= 4 is 28.5 Å². The molecule has 0 atom stereocenters. The smallest absolute Gasteiger partial charge is 0.261 e. The molecule has 2 heterocycles. The van der Waals surface area contributed by atoms with Gasteiger partial charge >= 0.3 is 0 Å². The second-order valence-electron chi connectivity index (χ2n) is 8.39. The summed E-state index contributed by atoms with van der Waals surface area (Å²) in [5, 5.41) is 1.66. The summed E-state index contributed by atoms with van der Waals surface area (Å²) in [7, 11) is 1.60. The van der Waals surface area contributed by atoms with Crippen LogP contribution in [0.5, 0.6) is 5.75 Å². The van der Waals surface area contributed by atoms with Gasteiger partial charge in [-0.15, -0.1) is 0 Å². The van der Waals surface area contributed by atoms with Gasteiger partial charge in [-0.25, -0.2) is 0 Å². The van der Waals surface area contributed by atoms with E-state index in [1.54, 1.807) is 43.5 Å². The number of likely N-dealkylation sites (tertiary alicyclic amines) is 1. The van der Waals surface area contributed by atoms with Crippen molar-refractivity contribution in [3.8, 4) is 5.75 Å². The molecule has 3 aromatic rings. The number of hydrogen-bond donors (Lipinski definition) is 0. The van der Waals surface area contributed by atoms with Gasteiger partial charge in [0.25, 0.3) is 17.7 Å². The Morgan fingerprint density at radius 2 is 1.50 bits per heavy atom. The second kappa shape index (κ2) is 8.11. The largest absolute Gasteiger partial charge is 0.497 e. The van der Waals surface area contributed by atoms with Gasteiger partial charge in [0.05, 0.1) is 7.11 Å². The van der Waals surface area contributed by atoms with Crippen LogP contribution in [0.3, 0.4) is 0 Å². The Balaban J connectivity index is 1.27. The molecule has 5 rings (SSSR count). The summed E-state index contributed by atoms with van der Waals surface area (Å²) in [4.78, 5) is 42.3. The molecular weight excluding hydrogens is 404 g/mol. The molecule has 1 saturated heterocycles. The van der Waals surface area contributed by atoms with Crippen molar-refractivity contribution in [1.82, 2.24) is 9.80 Å². The first kappa shape index (κ1) is 20.2. The summed E-state index contributed by atoms with van der Waals surface area (Å²) in [6, 6.07) is 18.3. The van der Waals surface area contributed by atoms with Crippen molar-refractivity contribution in [3.63, 3.8) is 0 Å². The first-order valence-electron chi connectivity index (χ1n) is 10.9. The van der Waals surface area contributed by atoms with Crippen molar-refractivity contribution in [2.45, 2.75) is 12.8 Å². The van der Waals surface area contributed by atoms with Crippen molar-refractivity contribution in [1.29, 1.82) is 0 Å². The molecule has 2 aliphatic heterocycles. The van der Waals surface area contributed by atoms with Crippen LogP contribution in [0.15, 0.2) is 60.7 Å². The molecule has 0 unspecified atom stereocenters. The number of imide groups is 1. The maximum absolute atomic E-state index is 13.1. The Morgan fingerprint density at radius 1 is 0.906 bits per heavy atom. The van der Waals surface area contributed by atoms with E-state index in [1.165, 1.54) is 4.90 Å². The molecule has 2 aliphatic rings. The lowest BCUT2D eigenvalue weighted by Crippen LogP contribution is -2.46. The molecule has 0 saturated carbocycles. The van der Waals surface area contributed by atoms with E-state index in [9.17, 15) is 14.4 Å². The van der Waals surface area contributed by atoms with Crippen LogP contribution in [0, 0.1) is 5.92 Å². The molecule has 32 heavy (non-hydrogen) atoms. The van der Waals surface area contributed by atoms with Crippen LogP contribution in [0.4, 0.5) is 0 Å². The standard InChI is InChI=1S/C26H24N2O4/c1-32-20-10-8-19(9-11-20)24(29)27-14-12-17(13-15-27)16-28-25(30)21-6-2-4-18-5-3-7-22(23(18)21)26(28)31/h2-11,17H,12-16H2,1H3. The van der Waals surface area contributed by atoms with Crippen molar-refractivity contribution in [2.24, 2.45) is 5.92 Å². The van der Waals surface area contributed by atoms with Gasteiger partial charge in [-0.2, -0.15) is 0 Å². The third-order valence-corrected chi connectivity index (χ3v) is 6.54. The monoisotopic (exact) mass is 428 g/mol. The van der Waals surface area contributed by atoms with E-state index in [2.05, 4.69) is 0 Å². The summed E-state index contributed by atoms with van der Waals surface area (Å²) in [5.74, 6) is 0.435. The Kier molecular flexibility index (Phi) is 5.13. The topological polar surface area (TPSA) is 66.9 Å². The predicted molar refractivity (Wildman–Crippen MR) is 121 cm³/mol. The number of piperidine rings is 1. The number of benzene rings is 3. The van der Waals surface area contributed by atoms with E-state index in [1.807, 2.05) is 29.2 Å². The number of rotatable bonds is 4. The number of methoxy groups -OCH3 is 1. The third kappa shape index (κ3) is 3.42. The summed E-state index contributed by atoms with van der Waals surface area (Å²) in [5.41, 5.74) is 1.81. The Bertz CT molecular complexity index is 1160. The molecule has 0 spiro atoms. The van der Waals surface area contributed by atoms with Crippen LogP contribution >= 0.6 is 0 Å². The maximum Gasteiger partial charge on any atom is 0.261 e. The van der Waals surface area contributed by atoms with Crippen LogP contribution in [0.25, 0.3) is 10.8 Å². The van der Waals surface area contributed by atoms with E-state index >= 15 is 0 Å². The SMILES string of the molecule is COc1ccc(C(=O)N2CCC(CN3C(=O)c4cccc5cccc(c45)C3=O)CC2)cc1. The maximum atomic E-state index is 13.1. The van der Waals surface area contributed by atoms with Gasteiger partial charge in [-0.05, 0) is 60.5 Å². The highest BCUT2D eigenvalue weighted by molar-refractivity contribution is 6.25. The zero-order chi connectivity index (χ0) is 22.2. The fourth-order valence-electron chi connectivity index (χ4n) is 4.74. The van der Waals surface area contributed by atoms with Gasteiger partial charge in [0.15, 0.2) is 0 Å². The van der Waals surface area contributed by atoms with E-state index in [0.717, 1.165) is 23.6 Å². The Labute approximate surface area is 186 Å². The van der Waals surface area contributed by atoms with Gasteiger partial charge in [-0.1, -0.05) is 24.3 Å². The molecule has 162 valence electrons. The van der Waals surface area contributed by atoms with Crippen LogP contribution in [-0.4, -0.2) is 54.3 Å². The van der Waals surface area contributed by atoms with Crippen LogP contribution in [-0.2, 0) is 0 Å². The fraction of sp³-hybridized carbons (Fsp3) is 0.269. The zero-order valence-electron chi connectivity index (χ0n) is 17.9. The molecule has 0 aliphatic carbocycles. The normalized spacial score (nSPS) is 16.5. The van der Waals surface area contributed by atoms with Gasteiger partial charge < -0.3 is 9.64 Å². The highest BCUT2D eigenvalue weighted by Crippen LogP contribution is 2.31. The van der Waals surface area contributed by atoms with Crippen LogP contribution < -0.4 is 4.74 Å². The van der Waals surface area contributed by atoms with Crippen LogP contribution in [0.2, 0.25) is 0 Å². The summed E-state index contributed by atoms with van der Waals surface area (Å²) in [6.07, 6.45) is 1.51. The lowest BCUT2D eigenvalue weighted by molar-refractivity contribution is 0.0524. The fourth-order valence-corrected chi connectivity index (χ4v) is 4.74. The Morgan fingerprint density at radius 3 is 2.06 bits per heavy atom. The highest BCUT2D eigenvalue weighted by atomic mass is 16.5. The minimum Gasteiger partial charge on any atom is -0.497 e. The van der Waals surface area contributed by atoms with Gasteiger partial charge in [0.2, 0.25) is 0 Å². The number of ether oxygens (including phenoxy) is 1. The lowest BCUT2D eigenvalue weighted by atomic mass is 9.91. The van der Waals surface area contributed by atoms with E-state index in [-0.39, 0.29) is 23.6 Å². The minimum atomic E-state index is -0.226. The molecule has 0 aromatic heterocycles. The summed E-state index contributed by atoms with van der Waals surface area (Å²) < 4.78 is 5.15. The highest BCUT2D eigenvalue weighted by Gasteiger charge is 2.35. The number of nitrogens with zero attached hydrogens (tertiary/aromatic N) is 2. The number of carbonyl (C=O) groups excluding carboxylic acids is 3. The lowest BCUT2D eigenvalue weighted by Gasteiger charge is -2.35. The molecule has 6 nitrogen and oxygen atoms in total. The quantitative estimate of drug-likeness (QED) is 0.589. The molecule has 0 bridgehead atoms. The van der Waals surface area contributed by atoms with Crippen LogP contribution in [0.1, 0.15) is 43.9 Å². The molecule has 0 radical (unpaired) electrons. The van der Waals surface area contributed by atoms with Crippen molar-refractivity contribution < 1.29 is 19.1 Å². The van der Waals surface area contributed by atoms with Crippen molar-refractivity contribution in [3.05, 3.63) is 77.4 Å². The second-order valence-corrected chi connectivity index (χ2v) is 8.39. The molecule has 3 aromatic carbocycles. The first-order chi connectivity index (χ1) is 15.6. The van der Waals surface area contributed by atoms with E-state index in [4.69, 9.17) is 4.74 Å². The first-order valence-corrected chi connectivity index (χ1v) is 10.9.